The van der Waals surface area contributed by atoms with E-state index in [2.05, 4.69) is 10.3 Å². The number of rotatable bonds is 6. The average molecular weight is 288 g/mol. The first kappa shape index (κ1) is 14.6. The summed E-state index contributed by atoms with van der Waals surface area (Å²) in [6, 6.07) is 10.6. The summed E-state index contributed by atoms with van der Waals surface area (Å²) in [5.41, 5.74) is 1.76. The Kier molecular flexibility index (Phi) is 5.15. The van der Waals surface area contributed by atoms with Gasteiger partial charge in [-0.1, -0.05) is 12.1 Å². The number of thioether (sulfide) groups is 1. The van der Waals surface area contributed by atoms with Gasteiger partial charge < -0.3 is 5.11 Å². The number of hydrogen-bond acceptors (Lipinski definition) is 4. The van der Waals surface area contributed by atoms with Crippen LogP contribution < -0.4 is 5.32 Å². The highest BCUT2D eigenvalue weighted by molar-refractivity contribution is 7.98. The fourth-order valence-electron chi connectivity index (χ4n) is 1.86. The fraction of sp³-hybridized carbons (Fsp3) is 0.200. The van der Waals surface area contributed by atoms with Gasteiger partial charge in [-0.25, -0.2) is 0 Å². The average Bonchev–Trinajstić information content (AvgIpc) is 2.49. The van der Waals surface area contributed by atoms with Crippen LogP contribution >= 0.6 is 11.8 Å². The predicted molar refractivity (Wildman–Crippen MR) is 79.7 cm³/mol. The fourth-order valence-corrected chi connectivity index (χ4v) is 2.27. The Labute approximate surface area is 122 Å². The zero-order chi connectivity index (χ0) is 14.4. The van der Waals surface area contributed by atoms with Crippen molar-refractivity contribution in [1.29, 1.82) is 0 Å². The molecule has 0 aliphatic carbocycles. The minimum absolute atomic E-state index is 0.490. The Balaban J connectivity index is 2.08. The lowest BCUT2D eigenvalue weighted by atomic mass is 10.1. The first-order chi connectivity index (χ1) is 9.70. The topological polar surface area (TPSA) is 62.2 Å². The van der Waals surface area contributed by atoms with Gasteiger partial charge in [-0.2, -0.15) is 0 Å². The van der Waals surface area contributed by atoms with Crippen molar-refractivity contribution >= 4 is 17.7 Å². The second kappa shape index (κ2) is 7.07. The molecule has 0 radical (unpaired) electrons. The summed E-state index contributed by atoms with van der Waals surface area (Å²) < 4.78 is 0. The van der Waals surface area contributed by atoms with Crippen LogP contribution in [0.2, 0.25) is 0 Å². The van der Waals surface area contributed by atoms with Crippen LogP contribution in [0.5, 0.6) is 0 Å². The highest BCUT2D eigenvalue weighted by Crippen LogP contribution is 2.19. The van der Waals surface area contributed by atoms with Crippen LogP contribution in [0.3, 0.4) is 0 Å². The molecule has 1 aromatic carbocycles. The summed E-state index contributed by atoms with van der Waals surface area (Å²) in [5, 5.41) is 12.4. The number of benzene rings is 1. The largest absolute Gasteiger partial charge is 0.480 e. The van der Waals surface area contributed by atoms with Gasteiger partial charge in [-0.3, -0.25) is 15.1 Å². The molecule has 0 fully saturated rings. The van der Waals surface area contributed by atoms with E-state index in [4.69, 9.17) is 0 Å². The molecule has 0 saturated carbocycles. The smallest absolute Gasteiger partial charge is 0.325 e. The van der Waals surface area contributed by atoms with E-state index in [1.807, 2.05) is 42.7 Å². The van der Waals surface area contributed by atoms with Gasteiger partial charge in [0.05, 0.1) is 0 Å². The molecule has 4 nitrogen and oxygen atoms in total. The molecule has 0 spiro atoms. The van der Waals surface area contributed by atoms with E-state index in [1.54, 1.807) is 24.2 Å². The van der Waals surface area contributed by atoms with E-state index in [0.717, 1.165) is 16.0 Å². The molecule has 5 heteroatoms. The van der Waals surface area contributed by atoms with Crippen LogP contribution in [0, 0.1) is 0 Å². The van der Waals surface area contributed by atoms with Crippen molar-refractivity contribution in [1.82, 2.24) is 10.3 Å². The minimum atomic E-state index is -0.879. The Morgan fingerprint density at radius 1 is 1.25 bits per heavy atom. The van der Waals surface area contributed by atoms with Crippen molar-refractivity contribution in [3.05, 3.63) is 59.9 Å². The van der Waals surface area contributed by atoms with Crippen LogP contribution in [0.1, 0.15) is 17.2 Å². The number of carboxylic acids is 1. The van der Waals surface area contributed by atoms with Gasteiger partial charge in [0.15, 0.2) is 0 Å². The lowest BCUT2D eigenvalue weighted by Gasteiger charge is -2.15. The molecule has 1 heterocycles. The highest BCUT2D eigenvalue weighted by Gasteiger charge is 2.18. The molecule has 0 saturated heterocycles. The Morgan fingerprint density at radius 3 is 2.45 bits per heavy atom. The van der Waals surface area contributed by atoms with Crippen LogP contribution in [0.25, 0.3) is 0 Å². The molecule has 2 rings (SSSR count). The number of nitrogens with zero attached hydrogens (tertiary/aromatic N) is 1. The lowest BCUT2D eigenvalue weighted by Crippen LogP contribution is -2.28. The summed E-state index contributed by atoms with van der Waals surface area (Å²) in [6.45, 7) is 0.490. The zero-order valence-corrected chi connectivity index (χ0v) is 11.9. The molecule has 0 amide bonds. The molecule has 1 atom stereocenters. The third-order valence-corrected chi connectivity index (χ3v) is 3.70. The number of carboxylic acid groups (broad SMARTS) is 1. The number of aromatic nitrogens is 1. The quantitative estimate of drug-likeness (QED) is 0.800. The SMILES string of the molecule is CSc1ccc(C(NCc2ccncc2)C(=O)O)cc1. The summed E-state index contributed by atoms with van der Waals surface area (Å²) in [7, 11) is 0. The summed E-state index contributed by atoms with van der Waals surface area (Å²) in [5.74, 6) is -0.879. The lowest BCUT2D eigenvalue weighted by molar-refractivity contribution is -0.139. The van der Waals surface area contributed by atoms with Gasteiger partial charge in [-0.15, -0.1) is 11.8 Å². The summed E-state index contributed by atoms with van der Waals surface area (Å²) >= 11 is 1.63. The highest BCUT2D eigenvalue weighted by atomic mass is 32.2. The molecule has 0 aliphatic heterocycles. The van der Waals surface area contributed by atoms with Gasteiger partial charge in [0.1, 0.15) is 6.04 Å². The van der Waals surface area contributed by atoms with Gasteiger partial charge in [0.2, 0.25) is 0 Å². The van der Waals surface area contributed by atoms with E-state index < -0.39 is 12.0 Å². The van der Waals surface area contributed by atoms with Crippen molar-refractivity contribution in [3.63, 3.8) is 0 Å². The molecule has 0 bridgehead atoms. The van der Waals surface area contributed by atoms with Crippen molar-refractivity contribution < 1.29 is 9.90 Å². The van der Waals surface area contributed by atoms with Crippen molar-refractivity contribution in [2.45, 2.75) is 17.5 Å². The maximum Gasteiger partial charge on any atom is 0.325 e. The van der Waals surface area contributed by atoms with Gasteiger partial charge in [-0.05, 0) is 41.6 Å². The van der Waals surface area contributed by atoms with E-state index in [1.165, 1.54) is 0 Å². The van der Waals surface area contributed by atoms with Crippen LogP contribution in [-0.4, -0.2) is 22.3 Å². The summed E-state index contributed by atoms with van der Waals surface area (Å²) in [4.78, 5) is 16.5. The normalized spacial score (nSPS) is 12.1. The molecule has 1 unspecified atom stereocenters. The van der Waals surface area contributed by atoms with E-state index in [9.17, 15) is 9.90 Å². The van der Waals surface area contributed by atoms with Crippen LogP contribution in [0.15, 0.2) is 53.7 Å². The number of aliphatic carboxylic acids is 1. The third kappa shape index (κ3) is 3.82. The number of pyridine rings is 1. The van der Waals surface area contributed by atoms with E-state index >= 15 is 0 Å². The van der Waals surface area contributed by atoms with E-state index in [0.29, 0.717) is 6.54 Å². The maximum absolute atomic E-state index is 11.4. The van der Waals surface area contributed by atoms with Crippen LogP contribution in [0.4, 0.5) is 0 Å². The van der Waals surface area contributed by atoms with Crippen molar-refractivity contribution in [2.75, 3.05) is 6.26 Å². The minimum Gasteiger partial charge on any atom is -0.480 e. The standard InChI is InChI=1S/C15H16N2O2S/c1-20-13-4-2-12(3-5-13)14(15(18)19)17-10-11-6-8-16-9-7-11/h2-9,14,17H,10H2,1H3,(H,18,19). The number of carbonyl (C=O) groups is 1. The second-order valence-corrected chi connectivity index (χ2v) is 5.16. The molecule has 2 aromatic rings. The first-order valence-electron chi connectivity index (χ1n) is 6.20. The van der Waals surface area contributed by atoms with Gasteiger partial charge >= 0.3 is 5.97 Å². The maximum atomic E-state index is 11.4. The number of hydrogen-bond donors (Lipinski definition) is 2. The molecular weight excluding hydrogens is 272 g/mol. The monoisotopic (exact) mass is 288 g/mol. The molecule has 104 valence electrons. The van der Waals surface area contributed by atoms with E-state index in [-0.39, 0.29) is 0 Å². The number of nitrogens with one attached hydrogen (secondary N) is 1. The molecule has 0 aliphatic rings. The van der Waals surface area contributed by atoms with Gasteiger partial charge in [0.25, 0.3) is 0 Å². The first-order valence-corrected chi connectivity index (χ1v) is 7.42. The molecule has 1 aromatic heterocycles. The van der Waals surface area contributed by atoms with Gasteiger partial charge in [0, 0.05) is 23.8 Å². The predicted octanol–water partition coefficient (Wildman–Crippen LogP) is 2.72. The Hall–Kier alpha value is -1.85. The summed E-state index contributed by atoms with van der Waals surface area (Å²) in [6.07, 6.45) is 5.38. The second-order valence-electron chi connectivity index (χ2n) is 4.28. The molecule has 20 heavy (non-hydrogen) atoms. The Bertz CT molecular complexity index is 558. The van der Waals surface area contributed by atoms with Crippen LogP contribution in [-0.2, 0) is 11.3 Å². The molecular formula is C15H16N2O2S. The van der Waals surface area contributed by atoms with Crippen molar-refractivity contribution in [2.24, 2.45) is 0 Å². The zero-order valence-electron chi connectivity index (χ0n) is 11.1. The van der Waals surface area contributed by atoms with Crippen molar-refractivity contribution in [3.8, 4) is 0 Å². The molecule has 2 N–H and O–H groups in total. The Morgan fingerprint density at radius 2 is 1.90 bits per heavy atom. The third-order valence-electron chi connectivity index (χ3n) is 2.96.